The Morgan fingerprint density at radius 1 is 1.31 bits per heavy atom. The van der Waals surface area contributed by atoms with Gasteiger partial charge in [-0.3, -0.25) is 9.59 Å². The molecule has 0 heterocycles. The molecule has 13 heavy (non-hydrogen) atoms. The highest BCUT2D eigenvalue weighted by Gasteiger charge is 2.12. The van der Waals surface area contributed by atoms with Crippen molar-refractivity contribution in [3.05, 3.63) is 0 Å². The van der Waals surface area contributed by atoms with Crippen molar-refractivity contribution in [2.75, 3.05) is 7.11 Å². The lowest BCUT2D eigenvalue weighted by atomic mass is 9.99. The van der Waals surface area contributed by atoms with Crippen molar-refractivity contribution >= 4 is 11.8 Å². The molecule has 3 nitrogen and oxygen atoms in total. The monoisotopic (exact) mass is 186 g/mol. The molecule has 3 heteroatoms. The first-order chi connectivity index (χ1) is 6.10. The molecular formula is C10H18O3. The predicted molar refractivity (Wildman–Crippen MR) is 50.3 cm³/mol. The number of ether oxygens (including phenoxy) is 1. The Bertz CT molecular complexity index is 175. The summed E-state index contributed by atoms with van der Waals surface area (Å²) in [5.74, 6) is 0.0993. The quantitative estimate of drug-likeness (QED) is 0.595. The third-order valence-corrected chi connectivity index (χ3v) is 1.85. The van der Waals surface area contributed by atoms with Crippen LogP contribution < -0.4 is 0 Å². The topological polar surface area (TPSA) is 43.4 Å². The minimum absolute atomic E-state index is 0.103. The highest BCUT2D eigenvalue weighted by molar-refractivity contribution is 5.79. The molecule has 76 valence electrons. The lowest BCUT2D eigenvalue weighted by Crippen LogP contribution is -2.11. The van der Waals surface area contributed by atoms with Gasteiger partial charge in [-0.15, -0.1) is 0 Å². The van der Waals surface area contributed by atoms with Gasteiger partial charge in [-0.25, -0.2) is 0 Å². The van der Waals surface area contributed by atoms with Crippen LogP contribution in [0.4, 0.5) is 0 Å². The molecule has 0 radical (unpaired) electrons. The molecule has 1 atom stereocenters. The van der Waals surface area contributed by atoms with Gasteiger partial charge >= 0.3 is 5.97 Å². The second-order valence-electron chi connectivity index (χ2n) is 3.38. The molecule has 0 aromatic heterocycles. The zero-order chi connectivity index (χ0) is 10.3. The molecular weight excluding hydrogens is 168 g/mol. The second kappa shape index (κ2) is 6.63. The summed E-state index contributed by atoms with van der Waals surface area (Å²) in [5.41, 5.74) is 0. The Labute approximate surface area is 79.5 Å². The van der Waals surface area contributed by atoms with Crippen LogP contribution in [0.2, 0.25) is 0 Å². The molecule has 0 aromatic carbocycles. The maximum absolute atomic E-state index is 11.2. The largest absolute Gasteiger partial charge is 0.469 e. The summed E-state index contributed by atoms with van der Waals surface area (Å²) in [7, 11) is 1.36. The second-order valence-corrected chi connectivity index (χ2v) is 3.38. The fraction of sp³-hybridized carbons (Fsp3) is 0.800. The van der Waals surface area contributed by atoms with E-state index in [1.807, 2.05) is 13.8 Å². The number of hydrogen-bond donors (Lipinski definition) is 0. The van der Waals surface area contributed by atoms with Gasteiger partial charge in [-0.05, 0) is 12.3 Å². The van der Waals surface area contributed by atoms with Gasteiger partial charge in [0.2, 0.25) is 0 Å². The molecule has 0 N–H and O–H groups in total. The van der Waals surface area contributed by atoms with E-state index in [4.69, 9.17) is 0 Å². The fourth-order valence-electron chi connectivity index (χ4n) is 1.21. The SMILES string of the molecule is CCCC(=O)CC(C)CC(=O)OC. The van der Waals surface area contributed by atoms with Gasteiger partial charge in [0.25, 0.3) is 0 Å². The van der Waals surface area contributed by atoms with E-state index in [2.05, 4.69) is 4.74 Å². The van der Waals surface area contributed by atoms with E-state index in [1.54, 1.807) is 0 Å². The van der Waals surface area contributed by atoms with E-state index in [1.165, 1.54) is 7.11 Å². The number of carbonyl (C=O) groups is 2. The molecule has 0 fully saturated rings. The Morgan fingerprint density at radius 3 is 2.38 bits per heavy atom. The fourth-order valence-corrected chi connectivity index (χ4v) is 1.21. The van der Waals surface area contributed by atoms with Crippen LogP contribution in [-0.2, 0) is 14.3 Å². The van der Waals surface area contributed by atoms with E-state index in [9.17, 15) is 9.59 Å². The Kier molecular flexibility index (Phi) is 6.20. The molecule has 0 rings (SSSR count). The van der Waals surface area contributed by atoms with Crippen molar-refractivity contribution in [1.29, 1.82) is 0 Å². The van der Waals surface area contributed by atoms with E-state index >= 15 is 0 Å². The first-order valence-electron chi connectivity index (χ1n) is 4.68. The van der Waals surface area contributed by atoms with Gasteiger partial charge in [-0.2, -0.15) is 0 Å². The molecule has 0 bridgehead atoms. The highest BCUT2D eigenvalue weighted by atomic mass is 16.5. The van der Waals surface area contributed by atoms with Crippen LogP contribution in [0.15, 0.2) is 0 Å². The maximum atomic E-state index is 11.2. The molecule has 0 spiro atoms. The first-order valence-corrected chi connectivity index (χ1v) is 4.68. The summed E-state index contributed by atoms with van der Waals surface area (Å²) >= 11 is 0. The molecule has 0 amide bonds. The average Bonchev–Trinajstić information content (AvgIpc) is 2.04. The lowest BCUT2D eigenvalue weighted by molar-refractivity contribution is -0.141. The summed E-state index contributed by atoms with van der Waals surface area (Å²) in [6.45, 7) is 3.87. The standard InChI is InChI=1S/C10H18O3/c1-4-5-9(11)6-8(2)7-10(12)13-3/h8H,4-7H2,1-3H3. The van der Waals surface area contributed by atoms with Crippen LogP contribution in [-0.4, -0.2) is 18.9 Å². The average molecular weight is 186 g/mol. The van der Waals surface area contributed by atoms with Crippen molar-refractivity contribution in [3.63, 3.8) is 0 Å². The van der Waals surface area contributed by atoms with E-state index < -0.39 is 0 Å². The minimum atomic E-state index is -0.239. The van der Waals surface area contributed by atoms with Crippen molar-refractivity contribution < 1.29 is 14.3 Å². The van der Waals surface area contributed by atoms with Crippen LogP contribution >= 0.6 is 0 Å². The summed E-state index contributed by atoms with van der Waals surface area (Å²) in [6.07, 6.45) is 2.32. The third-order valence-electron chi connectivity index (χ3n) is 1.85. The van der Waals surface area contributed by atoms with Crippen LogP contribution in [0.1, 0.15) is 39.5 Å². The van der Waals surface area contributed by atoms with Gasteiger partial charge < -0.3 is 4.74 Å². The van der Waals surface area contributed by atoms with Crippen molar-refractivity contribution in [2.45, 2.75) is 39.5 Å². The van der Waals surface area contributed by atoms with Gasteiger partial charge in [0.15, 0.2) is 0 Å². The van der Waals surface area contributed by atoms with Gasteiger partial charge in [0.05, 0.1) is 7.11 Å². The van der Waals surface area contributed by atoms with Crippen LogP contribution in [0.5, 0.6) is 0 Å². The highest BCUT2D eigenvalue weighted by Crippen LogP contribution is 2.10. The predicted octanol–water partition coefficient (Wildman–Crippen LogP) is 1.94. The Hall–Kier alpha value is -0.860. The molecule has 0 saturated carbocycles. The smallest absolute Gasteiger partial charge is 0.305 e. The van der Waals surface area contributed by atoms with E-state index in [-0.39, 0.29) is 17.7 Å². The molecule has 0 aromatic rings. The van der Waals surface area contributed by atoms with Crippen molar-refractivity contribution in [2.24, 2.45) is 5.92 Å². The minimum Gasteiger partial charge on any atom is -0.469 e. The summed E-state index contributed by atoms with van der Waals surface area (Å²) in [4.78, 5) is 22.0. The van der Waals surface area contributed by atoms with E-state index in [0.29, 0.717) is 19.3 Å². The zero-order valence-electron chi connectivity index (χ0n) is 8.63. The van der Waals surface area contributed by atoms with Gasteiger partial charge in [0, 0.05) is 19.3 Å². The number of ketones is 1. The number of esters is 1. The van der Waals surface area contributed by atoms with E-state index in [0.717, 1.165) is 6.42 Å². The zero-order valence-corrected chi connectivity index (χ0v) is 8.63. The van der Waals surface area contributed by atoms with Crippen molar-refractivity contribution in [1.82, 2.24) is 0 Å². The number of Topliss-reactive ketones (excluding diaryl/α,β-unsaturated/α-hetero) is 1. The molecule has 1 unspecified atom stereocenters. The lowest BCUT2D eigenvalue weighted by Gasteiger charge is -2.07. The maximum Gasteiger partial charge on any atom is 0.305 e. The van der Waals surface area contributed by atoms with Gasteiger partial charge in [0.1, 0.15) is 5.78 Å². The number of methoxy groups -OCH3 is 1. The van der Waals surface area contributed by atoms with Crippen LogP contribution in [0.25, 0.3) is 0 Å². The first kappa shape index (κ1) is 12.1. The van der Waals surface area contributed by atoms with Crippen LogP contribution in [0, 0.1) is 5.92 Å². The number of rotatable bonds is 6. The molecule has 0 saturated heterocycles. The Morgan fingerprint density at radius 2 is 1.92 bits per heavy atom. The normalized spacial score (nSPS) is 12.2. The number of hydrogen-bond acceptors (Lipinski definition) is 3. The third kappa shape index (κ3) is 6.31. The van der Waals surface area contributed by atoms with Gasteiger partial charge in [-0.1, -0.05) is 13.8 Å². The summed E-state index contributed by atoms with van der Waals surface area (Å²) in [5, 5.41) is 0. The van der Waals surface area contributed by atoms with Crippen molar-refractivity contribution in [3.8, 4) is 0 Å². The summed E-state index contributed by atoms with van der Waals surface area (Å²) in [6, 6.07) is 0. The molecule has 0 aliphatic carbocycles. The molecule has 0 aliphatic heterocycles. The Balaban J connectivity index is 3.67. The summed E-state index contributed by atoms with van der Waals surface area (Å²) < 4.78 is 4.51. The van der Waals surface area contributed by atoms with Crippen LogP contribution in [0.3, 0.4) is 0 Å². The number of carbonyl (C=O) groups excluding carboxylic acids is 2. The molecule has 0 aliphatic rings.